The summed E-state index contributed by atoms with van der Waals surface area (Å²) in [5, 5.41) is 41.8. The Labute approximate surface area is 385 Å². The number of fused-ring (bicyclic) bond motifs is 12. The van der Waals surface area contributed by atoms with Crippen molar-refractivity contribution < 1.29 is 87.9 Å². The minimum absolute atomic E-state index is 0. The summed E-state index contributed by atoms with van der Waals surface area (Å²) in [7, 11) is 0. The fourth-order valence-electron chi connectivity index (χ4n) is 9.01. The van der Waals surface area contributed by atoms with Crippen molar-refractivity contribution in [2.75, 3.05) is 26.4 Å². The SMILES string of the molecule is C1OC1CC1CO1.Oc1ccc2c(c1)Oc1cc(OCC(O)CC3CO3)ccc1C21OCc2ccccc21.[Na+].[O-]c1ccc2c(c1)Oc1cc(O)ccc1C21OCc2ccccc21. The van der Waals surface area contributed by atoms with E-state index in [0.29, 0.717) is 67.2 Å². The number of aliphatic hydroxyl groups is 1. The van der Waals surface area contributed by atoms with E-state index in [9.17, 15) is 20.4 Å². The van der Waals surface area contributed by atoms with Crippen LogP contribution in [-0.2, 0) is 48.1 Å². The number of epoxide rings is 3. The third-order valence-corrected chi connectivity index (χ3v) is 12.2. The van der Waals surface area contributed by atoms with Crippen LogP contribution in [0.5, 0.6) is 46.0 Å². The summed E-state index contributed by atoms with van der Waals surface area (Å²) in [6, 6.07) is 36.8. The van der Waals surface area contributed by atoms with Crippen molar-refractivity contribution in [2.45, 2.75) is 61.7 Å². The van der Waals surface area contributed by atoms with Crippen molar-refractivity contribution in [1.82, 2.24) is 0 Å². The summed E-state index contributed by atoms with van der Waals surface area (Å²) in [5.74, 6) is 2.83. The molecule has 3 fully saturated rings. The van der Waals surface area contributed by atoms with E-state index in [1.54, 1.807) is 30.3 Å². The molecule has 6 atom stereocenters. The summed E-state index contributed by atoms with van der Waals surface area (Å²) < 4.78 is 45.8. The Hall–Kier alpha value is -5.12. The first-order valence-corrected chi connectivity index (χ1v) is 20.9. The molecule has 0 bridgehead atoms. The van der Waals surface area contributed by atoms with E-state index < -0.39 is 17.3 Å². The van der Waals surface area contributed by atoms with Gasteiger partial charge in [0.2, 0.25) is 0 Å². The number of hydrogen-bond acceptors (Lipinski definition) is 12. The van der Waals surface area contributed by atoms with Gasteiger partial charge in [0.1, 0.15) is 46.9 Å². The van der Waals surface area contributed by atoms with Crippen LogP contribution in [0.15, 0.2) is 121 Å². The summed E-state index contributed by atoms with van der Waals surface area (Å²) in [4.78, 5) is 0. The smallest absolute Gasteiger partial charge is 0.872 e. The van der Waals surface area contributed by atoms with Crippen molar-refractivity contribution in [3.8, 4) is 46.0 Å². The van der Waals surface area contributed by atoms with Crippen molar-refractivity contribution in [3.05, 3.63) is 166 Å². The zero-order chi connectivity index (χ0) is 42.0. The minimum atomic E-state index is -0.819. The predicted molar refractivity (Wildman–Crippen MR) is 221 cm³/mol. The number of aromatic hydroxyl groups is 2. The maximum absolute atomic E-state index is 11.8. The molecule has 2 spiro atoms. The van der Waals surface area contributed by atoms with Crippen LogP contribution in [0.25, 0.3) is 0 Å². The minimum Gasteiger partial charge on any atom is -0.872 e. The number of phenolic OH excluding ortho intramolecular Hbond substituents is 2. The van der Waals surface area contributed by atoms with E-state index in [4.69, 9.17) is 37.9 Å². The topological polar surface area (TPSA) is 167 Å². The Morgan fingerprint density at radius 1 is 0.571 bits per heavy atom. The van der Waals surface area contributed by atoms with Gasteiger partial charge in [-0.05, 0) is 64.7 Å². The van der Waals surface area contributed by atoms with Crippen molar-refractivity contribution in [1.29, 1.82) is 0 Å². The fraction of sp³-hybridized carbons (Fsp3) is 0.280. The molecule has 3 N–H and O–H groups in total. The van der Waals surface area contributed by atoms with Gasteiger partial charge < -0.3 is 58.3 Å². The second-order valence-electron chi connectivity index (χ2n) is 16.4. The molecule has 12 nitrogen and oxygen atoms in total. The Kier molecular flexibility index (Phi) is 11.2. The van der Waals surface area contributed by atoms with Gasteiger partial charge in [-0.1, -0.05) is 60.7 Å². The van der Waals surface area contributed by atoms with Crippen LogP contribution in [0.4, 0.5) is 0 Å². The largest absolute Gasteiger partial charge is 1.00 e. The Balaban J connectivity index is 0.000000130. The number of phenols is 2. The van der Waals surface area contributed by atoms with E-state index in [1.807, 2.05) is 66.7 Å². The molecule has 0 amide bonds. The first-order chi connectivity index (χ1) is 30.3. The first kappa shape index (κ1) is 41.9. The van der Waals surface area contributed by atoms with Gasteiger partial charge in [0.05, 0.1) is 57.5 Å². The maximum Gasteiger partial charge on any atom is 1.00 e. The third kappa shape index (κ3) is 7.94. The predicted octanol–water partition coefficient (Wildman–Crippen LogP) is 4.42. The van der Waals surface area contributed by atoms with E-state index in [1.165, 1.54) is 12.1 Å². The van der Waals surface area contributed by atoms with E-state index in [0.717, 1.165) is 64.1 Å². The summed E-state index contributed by atoms with van der Waals surface area (Å²) in [6.45, 7) is 3.80. The molecule has 316 valence electrons. The van der Waals surface area contributed by atoms with Crippen molar-refractivity contribution >= 4 is 0 Å². The molecular formula is C50H43NaO12. The molecule has 6 aromatic rings. The average molecular weight is 859 g/mol. The van der Waals surface area contributed by atoms with Crippen molar-refractivity contribution in [3.63, 3.8) is 0 Å². The fourth-order valence-corrected chi connectivity index (χ4v) is 9.01. The molecular weight excluding hydrogens is 816 g/mol. The number of ether oxygens (including phenoxy) is 8. The second kappa shape index (κ2) is 16.8. The standard InChI is InChI=1S/C25H22O6.C20H14O4.C5H8O2.Na/c26-16-5-7-21-23(10-16)31-24-11-18(28-13-17(27)9-19-14-29-19)6-8-22(24)25(21)20-4-2-1-3-15(20)12-30-25;21-13-5-7-16-18(9-13)24-19-10-14(22)6-8-17(19)20(16)15-4-2-1-3-12(15)11-23-20;1(4-2-6-4)5-3-7-5;/h1-8,10-11,17,19,26-27H,9,12-14H2;1-10,21-22H,11H2;4-5H,1-3H2;/q;;;+1/p-1. The van der Waals surface area contributed by atoms with Crippen LogP contribution < -0.4 is 48.9 Å². The number of aliphatic hydroxyl groups excluding tert-OH is 1. The summed E-state index contributed by atoms with van der Waals surface area (Å²) in [6.07, 6.45) is 2.40. The van der Waals surface area contributed by atoms with Gasteiger partial charge in [-0.3, -0.25) is 0 Å². The van der Waals surface area contributed by atoms with E-state index >= 15 is 0 Å². The average Bonchev–Trinajstić information content (AvgIpc) is 4.22. The Morgan fingerprint density at radius 3 is 1.56 bits per heavy atom. The van der Waals surface area contributed by atoms with Gasteiger partial charge in [0.15, 0.2) is 11.2 Å². The molecule has 0 aromatic heterocycles. The van der Waals surface area contributed by atoms with E-state index in [2.05, 4.69) is 12.1 Å². The normalized spacial score (nSPS) is 24.4. The van der Waals surface area contributed by atoms with Crippen LogP contribution in [0, 0.1) is 0 Å². The molecule has 13 rings (SSSR count). The molecule has 0 saturated carbocycles. The number of benzene rings is 6. The molecule has 13 heteroatoms. The zero-order valence-electron chi connectivity index (χ0n) is 34.5. The maximum atomic E-state index is 11.8. The van der Waals surface area contributed by atoms with Crippen LogP contribution in [0.1, 0.15) is 57.3 Å². The van der Waals surface area contributed by atoms with E-state index in [-0.39, 0.29) is 59.5 Å². The summed E-state index contributed by atoms with van der Waals surface area (Å²) in [5.41, 5.74) is 6.10. The monoisotopic (exact) mass is 858 g/mol. The second-order valence-corrected chi connectivity index (χ2v) is 16.4. The molecule has 0 radical (unpaired) electrons. The number of rotatable bonds is 7. The van der Waals surface area contributed by atoms with Gasteiger partial charge in [-0.2, -0.15) is 0 Å². The quantitative estimate of drug-likeness (QED) is 0.153. The van der Waals surface area contributed by atoms with Crippen LogP contribution >= 0.6 is 0 Å². The van der Waals surface area contributed by atoms with Gasteiger partial charge in [-0.25, -0.2) is 0 Å². The van der Waals surface area contributed by atoms with Gasteiger partial charge in [0.25, 0.3) is 0 Å². The Bertz CT molecular complexity index is 2610. The molecule has 0 aliphatic carbocycles. The molecule has 3 saturated heterocycles. The van der Waals surface area contributed by atoms with Crippen LogP contribution in [0.3, 0.4) is 0 Å². The van der Waals surface area contributed by atoms with Crippen LogP contribution in [-0.4, -0.2) is 66.2 Å². The third-order valence-electron chi connectivity index (χ3n) is 12.2. The molecule has 63 heavy (non-hydrogen) atoms. The molecule has 7 heterocycles. The van der Waals surface area contributed by atoms with Gasteiger partial charge in [-0.15, -0.1) is 5.75 Å². The Morgan fingerprint density at radius 2 is 1.03 bits per heavy atom. The molecule has 7 aliphatic rings. The number of hydrogen-bond donors (Lipinski definition) is 3. The first-order valence-electron chi connectivity index (χ1n) is 20.9. The van der Waals surface area contributed by atoms with Gasteiger partial charge in [0, 0.05) is 53.3 Å². The van der Waals surface area contributed by atoms with Crippen LogP contribution in [0.2, 0.25) is 0 Å². The molecule has 6 aromatic carbocycles. The van der Waals surface area contributed by atoms with Crippen molar-refractivity contribution in [2.24, 2.45) is 0 Å². The molecule has 7 aliphatic heterocycles. The van der Waals surface area contributed by atoms with Gasteiger partial charge >= 0.3 is 29.6 Å². The zero-order valence-corrected chi connectivity index (χ0v) is 36.5. The summed E-state index contributed by atoms with van der Waals surface area (Å²) >= 11 is 0. The molecule has 6 unspecified atom stereocenters.